The first-order valence-electron chi connectivity index (χ1n) is 6.23. The van der Waals surface area contributed by atoms with Gasteiger partial charge in [-0.2, -0.15) is 0 Å². The molecule has 0 fully saturated rings. The molecule has 0 aliphatic carbocycles. The van der Waals surface area contributed by atoms with Crippen LogP contribution in [-0.2, 0) is 6.42 Å². The highest BCUT2D eigenvalue weighted by Gasteiger charge is 2.20. The fourth-order valence-electron chi connectivity index (χ4n) is 2.24. The van der Waals surface area contributed by atoms with E-state index in [0.29, 0.717) is 0 Å². The van der Waals surface area contributed by atoms with E-state index in [1.165, 1.54) is 5.39 Å². The number of ether oxygens (including phenoxy) is 1. The van der Waals surface area contributed by atoms with Gasteiger partial charge in [0.05, 0.1) is 7.11 Å². The third-order valence-corrected chi connectivity index (χ3v) is 3.26. The summed E-state index contributed by atoms with van der Waals surface area (Å²) < 4.78 is 5.57. The standard InChI is InChI=1S/C16H20O2/c1-16(2,11-17)10-13-9-8-12-6-4-5-7-14(12)15(13)18-3/h4-9,17H,10-11H2,1-3H3. The quantitative estimate of drug-likeness (QED) is 0.893. The number of aliphatic hydroxyl groups is 1. The molecule has 2 heteroatoms. The molecule has 0 radical (unpaired) electrons. The van der Waals surface area contributed by atoms with Crippen molar-refractivity contribution >= 4 is 10.8 Å². The van der Waals surface area contributed by atoms with Crippen LogP contribution in [0.1, 0.15) is 19.4 Å². The first kappa shape index (κ1) is 12.9. The van der Waals surface area contributed by atoms with Gasteiger partial charge in [-0.1, -0.05) is 50.2 Å². The largest absolute Gasteiger partial charge is 0.496 e. The fourth-order valence-corrected chi connectivity index (χ4v) is 2.24. The van der Waals surface area contributed by atoms with Crippen LogP contribution in [0.2, 0.25) is 0 Å². The molecule has 0 unspecified atom stereocenters. The minimum absolute atomic E-state index is 0.129. The van der Waals surface area contributed by atoms with Gasteiger partial charge in [0.15, 0.2) is 0 Å². The molecular formula is C16H20O2. The lowest BCUT2D eigenvalue weighted by atomic mass is 9.85. The molecule has 0 saturated heterocycles. The van der Waals surface area contributed by atoms with Gasteiger partial charge in [-0.15, -0.1) is 0 Å². The smallest absolute Gasteiger partial charge is 0.129 e. The number of hydrogen-bond acceptors (Lipinski definition) is 2. The van der Waals surface area contributed by atoms with Crippen molar-refractivity contribution in [2.24, 2.45) is 5.41 Å². The number of fused-ring (bicyclic) bond motifs is 1. The normalized spacial score (nSPS) is 11.8. The number of rotatable bonds is 4. The van der Waals surface area contributed by atoms with E-state index >= 15 is 0 Å². The predicted octanol–water partition coefficient (Wildman–Crippen LogP) is 3.41. The van der Waals surface area contributed by atoms with Crippen molar-refractivity contribution in [1.82, 2.24) is 0 Å². The Hall–Kier alpha value is -1.54. The molecule has 0 bridgehead atoms. The summed E-state index contributed by atoms with van der Waals surface area (Å²) in [5.74, 6) is 0.926. The third kappa shape index (κ3) is 2.49. The maximum Gasteiger partial charge on any atom is 0.129 e. The molecule has 0 heterocycles. The van der Waals surface area contributed by atoms with Crippen molar-refractivity contribution in [2.75, 3.05) is 13.7 Å². The van der Waals surface area contributed by atoms with Crippen LogP contribution < -0.4 is 4.74 Å². The summed E-state index contributed by atoms with van der Waals surface area (Å²) >= 11 is 0. The van der Waals surface area contributed by atoms with E-state index in [2.05, 4.69) is 38.1 Å². The zero-order chi connectivity index (χ0) is 13.2. The molecule has 2 rings (SSSR count). The second kappa shape index (κ2) is 4.99. The second-order valence-corrected chi connectivity index (χ2v) is 5.48. The maximum atomic E-state index is 9.39. The zero-order valence-corrected chi connectivity index (χ0v) is 11.2. The van der Waals surface area contributed by atoms with E-state index in [-0.39, 0.29) is 12.0 Å². The van der Waals surface area contributed by atoms with Crippen molar-refractivity contribution in [1.29, 1.82) is 0 Å². The fraction of sp³-hybridized carbons (Fsp3) is 0.375. The lowest BCUT2D eigenvalue weighted by molar-refractivity contribution is 0.159. The lowest BCUT2D eigenvalue weighted by Gasteiger charge is -2.23. The molecule has 0 amide bonds. The van der Waals surface area contributed by atoms with Crippen LogP contribution in [-0.4, -0.2) is 18.8 Å². The Morgan fingerprint density at radius 3 is 2.50 bits per heavy atom. The van der Waals surface area contributed by atoms with E-state index < -0.39 is 0 Å². The van der Waals surface area contributed by atoms with Crippen LogP contribution in [0.25, 0.3) is 10.8 Å². The van der Waals surface area contributed by atoms with Crippen molar-refractivity contribution in [2.45, 2.75) is 20.3 Å². The highest BCUT2D eigenvalue weighted by atomic mass is 16.5. The average Bonchev–Trinajstić information content (AvgIpc) is 2.38. The molecule has 0 atom stereocenters. The van der Waals surface area contributed by atoms with Crippen molar-refractivity contribution in [3.63, 3.8) is 0 Å². The summed E-state index contributed by atoms with van der Waals surface area (Å²) in [5, 5.41) is 11.7. The number of methoxy groups -OCH3 is 1. The SMILES string of the molecule is COc1c(CC(C)(C)CO)ccc2ccccc12. The van der Waals surface area contributed by atoms with Crippen molar-refractivity contribution in [3.8, 4) is 5.75 Å². The van der Waals surface area contributed by atoms with E-state index in [4.69, 9.17) is 4.74 Å². The summed E-state index contributed by atoms with van der Waals surface area (Å²) in [5.41, 5.74) is 1.02. The van der Waals surface area contributed by atoms with Crippen LogP contribution in [0.3, 0.4) is 0 Å². The monoisotopic (exact) mass is 244 g/mol. The molecular weight excluding hydrogens is 224 g/mol. The van der Waals surface area contributed by atoms with E-state index in [1.807, 2.05) is 12.1 Å². The molecule has 0 aliphatic rings. The first-order chi connectivity index (χ1) is 8.57. The average molecular weight is 244 g/mol. The molecule has 0 saturated carbocycles. The number of aliphatic hydroxyl groups excluding tert-OH is 1. The van der Waals surface area contributed by atoms with Gasteiger partial charge in [-0.05, 0) is 22.8 Å². The Morgan fingerprint density at radius 2 is 1.83 bits per heavy atom. The summed E-state index contributed by atoms with van der Waals surface area (Å²) in [6.45, 7) is 4.28. The zero-order valence-electron chi connectivity index (χ0n) is 11.2. The van der Waals surface area contributed by atoms with Crippen LogP contribution >= 0.6 is 0 Å². The van der Waals surface area contributed by atoms with E-state index in [1.54, 1.807) is 7.11 Å². The Bertz CT molecular complexity index is 544. The van der Waals surface area contributed by atoms with E-state index in [9.17, 15) is 5.11 Å². The Kier molecular flexibility index (Phi) is 3.58. The molecule has 2 nitrogen and oxygen atoms in total. The van der Waals surface area contributed by atoms with Gasteiger partial charge in [0, 0.05) is 12.0 Å². The topological polar surface area (TPSA) is 29.5 Å². The number of benzene rings is 2. The van der Waals surface area contributed by atoms with Crippen LogP contribution in [0.5, 0.6) is 5.75 Å². The van der Waals surface area contributed by atoms with Crippen molar-refractivity contribution < 1.29 is 9.84 Å². The number of hydrogen-bond donors (Lipinski definition) is 1. The summed E-state index contributed by atoms with van der Waals surface area (Å²) in [7, 11) is 1.71. The Morgan fingerprint density at radius 1 is 1.11 bits per heavy atom. The van der Waals surface area contributed by atoms with Gasteiger partial charge in [-0.3, -0.25) is 0 Å². The molecule has 0 spiro atoms. The predicted molar refractivity (Wildman–Crippen MR) is 75.1 cm³/mol. The van der Waals surface area contributed by atoms with Crippen LogP contribution in [0.15, 0.2) is 36.4 Å². The Balaban J connectivity index is 2.51. The van der Waals surface area contributed by atoms with Crippen LogP contribution in [0, 0.1) is 5.41 Å². The van der Waals surface area contributed by atoms with E-state index in [0.717, 1.165) is 23.1 Å². The third-order valence-electron chi connectivity index (χ3n) is 3.26. The molecule has 0 aliphatic heterocycles. The second-order valence-electron chi connectivity index (χ2n) is 5.48. The molecule has 1 N–H and O–H groups in total. The summed E-state index contributed by atoms with van der Waals surface area (Å²) in [4.78, 5) is 0. The van der Waals surface area contributed by atoms with Crippen LogP contribution in [0.4, 0.5) is 0 Å². The lowest BCUT2D eigenvalue weighted by Crippen LogP contribution is -2.20. The minimum atomic E-state index is -0.129. The summed E-state index contributed by atoms with van der Waals surface area (Å²) in [6.07, 6.45) is 0.803. The van der Waals surface area contributed by atoms with Gasteiger partial charge in [0.25, 0.3) is 0 Å². The molecule has 2 aromatic carbocycles. The Labute approximate surface area is 108 Å². The molecule has 96 valence electrons. The first-order valence-corrected chi connectivity index (χ1v) is 6.23. The highest BCUT2D eigenvalue weighted by molar-refractivity contribution is 5.89. The van der Waals surface area contributed by atoms with Crippen molar-refractivity contribution in [3.05, 3.63) is 42.0 Å². The molecule has 18 heavy (non-hydrogen) atoms. The van der Waals surface area contributed by atoms with Gasteiger partial charge >= 0.3 is 0 Å². The van der Waals surface area contributed by atoms with Gasteiger partial charge in [0.2, 0.25) is 0 Å². The summed E-state index contributed by atoms with van der Waals surface area (Å²) in [6, 6.07) is 12.4. The highest BCUT2D eigenvalue weighted by Crippen LogP contribution is 2.33. The molecule has 2 aromatic rings. The maximum absolute atomic E-state index is 9.39. The van der Waals surface area contributed by atoms with Gasteiger partial charge < -0.3 is 9.84 Å². The molecule has 0 aromatic heterocycles. The minimum Gasteiger partial charge on any atom is -0.496 e. The van der Waals surface area contributed by atoms with Gasteiger partial charge in [0.1, 0.15) is 5.75 Å². The van der Waals surface area contributed by atoms with Gasteiger partial charge in [-0.25, -0.2) is 0 Å².